The SMILES string of the molecule is C/C=C(\C)C(=O)OCC1=CC[N+]2([O-])CCC(O)C12. The van der Waals surface area contributed by atoms with E-state index in [1.54, 1.807) is 26.0 Å². The van der Waals surface area contributed by atoms with Crippen molar-refractivity contribution in [2.75, 3.05) is 19.7 Å². The lowest BCUT2D eigenvalue weighted by atomic mass is 10.1. The van der Waals surface area contributed by atoms with Crippen molar-refractivity contribution >= 4 is 5.97 Å². The monoisotopic (exact) mass is 253 g/mol. The third kappa shape index (κ3) is 2.21. The van der Waals surface area contributed by atoms with Gasteiger partial charge in [-0.3, -0.25) is 0 Å². The summed E-state index contributed by atoms with van der Waals surface area (Å²) in [6.45, 7) is 4.37. The average Bonchev–Trinajstić information content (AvgIpc) is 2.83. The molecule has 3 unspecified atom stereocenters. The lowest BCUT2D eigenvalue weighted by Crippen LogP contribution is -2.46. The number of carbonyl (C=O) groups excluding carboxylic acids is 1. The van der Waals surface area contributed by atoms with E-state index in [0.717, 1.165) is 5.57 Å². The number of quaternary nitrogens is 1. The Morgan fingerprint density at radius 1 is 1.72 bits per heavy atom. The first-order chi connectivity index (χ1) is 8.48. The summed E-state index contributed by atoms with van der Waals surface area (Å²) in [4.78, 5) is 11.5. The van der Waals surface area contributed by atoms with Gasteiger partial charge < -0.3 is 19.7 Å². The number of esters is 1. The normalized spacial score (nSPS) is 35.3. The minimum Gasteiger partial charge on any atom is -0.632 e. The molecule has 0 saturated carbocycles. The molecule has 0 radical (unpaired) electrons. The van der Waals surface area contributed by atoms with Crippen molar-refractivity contribution in [3.63, 3.8) is 0 Å². The van der Waals surface area contributed by atoms with Gasteiger partial charge in [0.2, 0.25) is 0 Å². The highest BCUT2D eigenvalue weighted by atomic mass is 16.6. The number of nitrogens with zero attached hydrogens (tertiary/aromatic N) is 1. The van der Waals surface area contributed by atoms with Gasteiger partial charge in [0.25, 0.3) is 0 Å². The Kier molecular flexibility index (Phi) is 3.56. The molecule has 0 aliphatic carbocycles. The fourth-order valence-electron chi connectivity index (χ4n) is 2.63. The van der Waals surface area contributed by atoms with Crippen LogP contribution in [-0.4, -0.2) is 47.6 Å². The molecular formula is C13H19NO4. The Hall–Kier alpha value is -1.17. The number of rotatable bonds is 3. The molecular weight excluding hydrogens is 234 g/mol. The molecule has 18 heavy (non-hydrogen) atoms. The van der Waals surface area contributed by atoms with Crippen LogP contribution in [0.2, 0.25) is 0 Å². The lowest BCUT2D eigenvalue weighted by Gasteiger charge is -2.40. The van der Waals surface area contributed by atoms with Gasteiger partial charge in [-0.15, -0.1) is 0 Å². The standard InChI is InChI=1S/C13H19NO4/c1-3-9(2)13(16)18-8-10-4-6-14(17)7-5-11(15)12(10)14/h3-4,11-12,15H,5-8H2,1-2H3/b9-3+. The number of hydrogen-bond acceptors (Lipinski definition) is 4. The van der Waals surface area contributed by atoms with Crippen molar-refractivity contribution in [3.8, 4) is 0 Å². The van der Waals surface area contributed by atoms with Crippen molar-refractivity contribution < 1.29 is 19.3 Å². The summed E-state index contributed by atoms with van der Waals surface area (Å²) in [7, 11) is 0. The van der Waals surface area contributed by atoms with Gasteiger partial charge in [-0.1, -0.05) is 6.08 Å². The van der Waals surface area contributed by atoms with Crippen molar-refractivity contribution in [2.24, 2.45) is 0 Å². The molecule has 3 atom stereocenters. The van der Waals surface area contributed by atoms with E-state index in [1.165, 1.54) is 0 Å². The maximum atomic E-state index is 12.3. The Balaban J connectivity index is 1.97. The maximum absolute atomic E-state index is 12.3. The second kappa shape index (κ2) is 4.84. The minimum absolute atomic E-state index is 0.105. The van der Waals surface area contributed by atoms with Crippen LogP contribution in [0.3, 0.4) is 0 Å². The van der Waals surface area contributed by atoms with Crippen LogP contribution in [0.25, 0.3) is 0 Å². The van der Waals surface area contributed by atoms with Crippen LogP contribution in [0.15, 0.2) is 23.3 Å². The molecule has 2 heterocycles. The molecule has 0 bridgehead atoms. The highest BCUT2D eigenvalue weighted by molar-refractivity contribution is 5.87. The Bertz CT molecular complexity index is 415. The van der Waals surface area contributed by atoms with Crippen LogP contribution in [-0.2, 0) is 9.53 Å². The number of hydroxylamine groups is 3. The number of aliphatic hydroxyl groups excluding tert-OH is 1. The number of fused-ring (bicyclic) bond motifs is 1. The third-order valence-electron chi connectivity index (χ3n) is 3.84. The van der Waals surface area contributed by atoms with Gasteiger partial charge in [0.15, 0.2) is 0 Å². The van der Waals surface area contributed by atoms with Crippen LogP contribution >= 0.6 is 0 Å². The van der Waals surface area contributed by atoms with Crippen LogP contribution in [0.4, 0.5) is 0 Å². The molecule has 0 aromatic rings. The molecule has 0 spiro atoms. The highest BCUT2D eigenvalue weighted by Gasteiger charge is 2.47. The molecule has 0 amide bonds. The number of aliphatic hydroxyl groups is 1. The molecule has 1 fully saturated rings. The summed E-state index contributed by atoms with van der Waals surface area (Å²) in [6, 6.07) is -0.441. The van der Waals surface area contributed by atoms with E-state index in [9.17, 15) is 15.1 Å². The summed E-state index contributed by atoms with van der Waals surface area (Å²) in [5.41, 5.74) is 1.30. The molecule has 5 heteroatoms. The first kappa shape index (κ1) is 13.3. The van der Waals surface area contributed by atoms with E-state index in [-0.39, 0.29) is 12.6 Å². The first-order valence-electron chi connectivity index (χ1n) is 6.23. The number of ether oxygens (including phenoxy) is 1. The van der Waals surface area contributed by atoms with Crippen molar-refractivity contribution in [1.82, 2.24) is 0 Å². The second-order valence-corrected chi connectivity index (χ2v) is 4.99. The predicted molar refractivity (Wildman–Crippen MR) is 66.2 cm³/mol. The van der Waals surface area contributed by atoms with Gasteiger partial charge in [0.05, 0.1) is 13.1 Å². The fraction of sp³-hybridized carbons (Fsp3) is 0.615. The zero-order chi connectivity index (χ0) is 13.3. The smallest absolute Gasteiger partial charge is 0.333 e. The average molecular weight is 253 g/mol. The zero-order valence-electron chi connectivity index (χ0n) is 10.8. The van der Waals surface area contributed by atoms with E-state index >= 15 is 0 Å². The number of carbonyl (C=O) groups is 1. The van der Waals surface area contributed by atoms with E-state index in [0.29, 0.717) is 25.1 Å². The van der Waals surface area contributed by atoms with E-state index in [1.807, 2.05) is 0 Å². The Labute approximate surface area is 107 Å². The highest BCUT2D eigenvalue weighted by Crippen LogP contribution is 2.36. The number of hydrogen-bond donors (Lipinski definition) is 1. The first-order valence-corrected chi connectivity index (χ1v) is 6.23. The molecule has 1 N–H and O–H groups in total. The topological polar surface area (TPSA) is 69.6 Å². The van der Waals surface area contributed by atoms with E-state index in [4.69, 9.17) is 4.74 Å². The van der Waals surface area contributed by atoms with Crippen LogP contribution < -0.4 is 0 Å². The third-order valence-corrected chi connectivity index (χ3v) is 3.84. The summed E-state index contributed by atoms with van der Waals surface area (Å²) >= 11 is 0. The zero-order valence-corrected chi connectivity index (χ0v) is 10.8. The van der Waals surface area contributed by atoms with E-state index in [2.05, 4.69) is 0 Å². The molecule has 100 valence electrons. The minimum atomic E-state index is -0.613. The molecule has 2 aliphatic heterocycles. The summed E-state index contributed by atoms with van der Waals surface area (Å²) in [5.74, 6) is -0.373. The van der Waals surface area contributed by atoms with Gasteiger partial charge in [-0.25, -0.2) is 4.79 Å². The van der Waals surface area contributed by atoms with Gasteiger partial charge >= 0.3 is 5.97 Å². The summed E-state index contributed by atoms with van der Waals surface area (Å²) in [6.07, 6.45) is 3.40. The fourth-order valence-corrected chi connectivity index (χ4v) is 2.63. The maximum Gasteiger partial charge on any atom is 0.333 e. The second-order valence-electron chi connectivity index (χ2n) is 4.99. The van der Waals surface area contributed by atoms with E-state index < -0.39 is 16.8 Å². The Morgan fingerprint density at radius 3 is 3.11 bits per heavy atom. The van der Waals surface area contributed by atoms with Crippen LogP contribution in [0, 0.1) is 5.21 Å². The lowest BCUT2D eigenvalue weighted by molar-refractivity contribution is -0.877. The van der Waals surface area contributed by atoms with Crippen molar-refractivity contribution in [2.45, 2.75) is 32.4 Å². The quantitative estimate of drug-likeness (QED) is 0.266. The molecule has 1 saturated heterocycles. The van der Waals surface area contributed by atoms with Crippen LogP contribution in [0.5, 0.6) is 0 Å². The van der Waals surface area contributed by atoms with Gasteiger partial charge in [0, 0.05) is 17.6 Å². The van der Waals surface area contributed by atoms with Gasteiger partial charge in [-0.2, -0.15) is 0 Å². The number of allylic oxidation sites excluding steroid dienone is 1. The Morgan fingerprint density at radius 2 is 2.44 bits per heavy atom. The molecule has 2 aliphatic rings. The predicted octanol–water partition coefficient (Wildman–Crippen LogP) is 0.884. The summed E-state index contributed by atoms with van der Waals surface area (Å²) in [5, 5.41) is 22.1. The van der Waals surface area contributed by atoms with Crippen LogP contribution in [0.1, 0.15) is 20.3 Å². The van der Waals surface area contributed by atoms with Gasteiger partial charge in [-0.05, 0) is 19.9 Å². The largest absolute Gasteiger partial charge is 0.632 e. The summed E-state index contributed by atoms with van der Waals surface area (Å²) < 4.78 is 4.75. The molecule has 0 aromatic heterocycles. The van der Waals surface area contributed by atoms with Crippen molar-refractivity contribution in [1.29, 1.82) is 0 Å². The molecule has 5 nitrogen and oxygen atoms in total. The molecule has 0 aromatic carbocycles. The molecule has 2 rings (SSSR count). The van der Waals surface area contributed by atoms with Gasteiger partial charge in [0.1, 0.15) is 18.8 Å². The van der Waals surface area contributed by atoms with Crippen molar-refractivity contribution in [3.05, 3.63) is 28.5 Å².